The van der Waals surface area contributed by atoms with Gasteiger partial charge < -0.3 is 27.2 Å². The van der Waals surface area contributed by atoms with E-state index in [1.165, 1.54) is 0 Å². The van der Waals surface area contributed by atoms with Crippen LogP contribution in [0.1, 0.15) is 12.8 Å². The zero-order chi connectivity index (χ0) is 17.3. The van der Waals surface area contributed by atoms with E-state index < -0.39 is 41.8 Å². The molecule has 0 bridgehead atoms. The van der Waals surface area contributed by atoms with Crippen LogP contribution < -0.4 is 22.1 Å². The van der Waals surface area contributed by atoms with Crippen LogP contribution in [-0.4, -0.2) is 58.4 Å². The first kappa shape index (κ1) is 20.5. The first-order valence-corrected chi connectivity index (χ1v) is 7.58. The molecule has 22 heavy (non-hydrogen) atoms. The number of carbonyl (C=O) groups excluding carboxylic acids is 3. The third kappa shape index (κ3) is 7.52. The summed E-state index contributed by atoms with van der Waals surface area (Å²) in [5.41, 5.74) is 10.5. The Morgan fingerprint density at radius 1 is 1.00 bits per heavy atom. The quantitative estimate of drug-likeness (QED) is 0.215. The Morgan fingerprint density at radius 2 is 1.55 bits per heavy atom. The number of hydrogen-bond acceptors (Lipinski definition) is 7. The van der Waals surface area contributed by atoms with Gasteiger partial charge in [0.15, 0.2) is 0 Å². The molecule has 0 aromatic carbocycles. The summed E-state index contributed by atoms with van der Waals surface area (Å²) < 4.78 is 0. The van der Waals surface area contributed by atoms with Gasteiger partial charge >= 0.3 is 5.97 Å². The van der Waals surface area contributed by atoms with E-state index in [0.29, 0.717) is 0 Å². The van der Waals surface area contributed by atoms with Crippen molar-refractivity contribution >= 4 is 48.9 Å². The molecular weight excluding hydrogens is 332 g/mol. The zero-order valence-corrected chi connectivity index (χ0v) is 13.5. The molecule has 0 heterocycles. The van der Waals surface area contributed by atoms with E-state index in [0.717, 1.165) is 0 Å². The molecule has 0 aliphatic heterocycles. The van der Waals surface area contributed by atoms with E-state index in [1.54, 1.807) is 0 Å². The van der Waals surface area contributed by atoms with Gasteiger partial charge in [-0.15, -0.1) is 0 Å². The normalized spacial score (nSPS) is 14.5. The molecule has 0 rings (SSSR count). The van der Waals surface area contributed by atoms with Crippen molar-refractivity contribution in [1.82, 2.24) is 10.6 Å². The van der Waals surface area contributed by atoms with Crippen molar-refractivity contribution < 1.29 is 24.3 Å². The minimum absolute atomic E-state index is 0.0599. The van der Waals surface area contributed by atoms with Crippen molar-refractivity contribution in [1.29, 1.82) is 0 Å². The average molecular weight is 352 g/mol. The highest BCUT2D eigenvalue weighted by atomic mass is 32.1. The average Bonchev–Trinajstić information content (AvgIpc) is 2.46. The monoisotopic (exact) mass is 352 g/mol. The molecule has 7 N–H and O–H groups in total. The van der Waals surface area contributed by atoms with Gasteiger partial charge in [-0.2, -0.15) is 25.3 Å². The molecule has 3 amide bonds. The van der Waals surface area contributed by atoms with Gasteiger partial charge in [-0.1, -0.05) is 0 Å². The smallest absolute Gasteiger partial charge is 0.327 e. The van der Waals surface area contributed by atoms with Crippen LogP contribution in [0.3, 0.4) is 0 Å². The summed E-state index contributed by atoms with van der Waals surface area (Å²) >= 11 is 7.68. The Bertz CT molecular complexity index is 435. The second-order valence-corrected chi connectivity index (χ2v) is 5.17. The molecular formula is C11H20N4O5S2. The van der Waals surface area contributed by atoms with E-state index in [9.17, 15) is 19.2 Å². The van der Waals surface area contributed by atoms with Gasteiger partial charge in [-0.25, -0.2) is 4.79 Å². The number of rotatable bonds is 10. The molecule has 11 heteroatoms. The Hall–Kier alpha value is -1.46. The number of primary amides is 1. The molecule has 0 aliphatic carbocycles. The molecule has 126 valence electrons. The summed E-state index contributed by atoms with van der Waals surface area (Å²) in [5.74, 6) is -3.40. The van der Waals surface area contributed by atoms with E-state index in [1.807, 2.05) is 0 Å². The fraction of sp³-hybridized carbons (Fsp3) is 0.636. The second-order valence-electron chi connectivity index (χ2n) is 4.44. The third-order valence-corrected chi connectivity index (χ3v) is 3.40. The number of amides is 3. The number of carbonyl (C=O) groups is 4. The lowest BCUT2D eigenvalue weighted by atomic mass is 10.1. The number of aliphatic carboxylic acids is 1. The zero-order valence-electron chi connectivity index (χ0n) is 11.7. The highest BCUT2D eigenvalue weighted by molar-refractivity contribution is 7.80. The summed E-state index contributed by atoms with van der Waals surface area (Å²) in [6, 6.07) is -3.29. The molecule has 3 unspecified atom stereocenters. The maximum Gasteiger partial charge on any atom is 0.327 e. The summed E-state index contributed by atoms with van der Waals surface area (Å²) in [5, 5.41) is 13.4. The molecule has 0 saturated carbocycles. The van der Waals surface area contributed by atoms with Gasteiger partial charge in [0.1, 0.15) is 12.1 Å². The Kier molecular flexibility index (Phi) is 9.61. The van der Waals surface area contributed by atoms with Gasteiger partial charge in [0.25, 0.3) is 0 Å². The summed E-state index contributed by atoms with van der Waals surface area (Å²) in [4.78, 5) is 45.5. The maximum atomic E-state index is 12.0. The first-order valence-electron chi connectivity index (χ1n) is 6.32. The van der Waals surface area contributed by atoms with E-state index >= 15 is 0 Å². The Balaban J connectivity index is 4.89. The molecule has 0 aromatic heterocycles. The molecule has 0 aliphatic rings. The molecule has 9 nitrogen and oxygen atoms in total. The third-order valence-electron chi connectivity index (χ3n) is 2.64. The lowest BCUT2D eigenvalue weighted by molar-refractivity contribution is -0.141. The van der Waals surface area contributed by atoms with Gasteiger partial charge in [-0.05, 0) is 6.42 Å². The van der Waals surface area contributed by atoms with E-state index in [2.05, 4.69) is 35.9 Å². The SMILES string of the molecule is NC(=O)CCC(NC(=O)C(N)CS)C(=O)NC(CS)C(=O)O. The Labute approximate surface area is 138 Å². The highest BCUT2D eigenvalue weighted by Gasteiger charge is 2.27. The van der Waals surface area contributed by atoms with Crippen molar-refractivity contribution in [2.45, 2.75) is 31.0 Å². The summed E-state index contributed by atoms with van der Waals surface area (Å²) in [6.07, 6.45) is -0.238. The Morgan fingerprint density at radius 3 is 1.95 bits per heavy atom. The molecule has 0 radical (unpaired) electrons. The summed E-state index contributed by atoms with van der Waals surface area (Å²) in [7, 11) is 0. The van der Waals surface area contributed by atoms with Crippen LogP contribution in [0.4, 0.5) is 0 Å². The molecule has 0 saturated heterocycles. The predicted molar refractivity (Wildman–Crippen MR) is 85.6 cm³/mol. The number of nitrogens with two attached hydrogens (primary N) is 2. The summed E-state index contributed by atoms with van der Waals surface area (Å²) in [6.45, 7) is 0. The van der Waals surface area contributed by atoms with E-state index in [4.69, 9.17) is 16.6 Å². The molecule has 0 fully saturated rings. The molecule has 0 spiro atoms. The van der Waals surface area contributed by atoms with E-state index in [-0.39, 0.29) is 24.3 Å². The van der Waals surface area contributed by atoms with Gasteiger partial charge in [0.2, 0.25) is 17.7 Å². The fourth-order valence-corrected chi connectivity index (χ4v) is 1.79. The number of hydrogen-bond donors (Lipinski definition) is 7. The van der Waals surface area contributed by atoms with Crippen LogP contribution in [0.2, 0.25) is 0 Å². The first-order chi connectivity index (χ1) is 10.2. The van der Waals surface area contributed by atoms with Crippen LogP contribution in [0.5, 0.6) is 0 Å². The lowest BCUT2D eigenvalue weighted by Crippen LogP contribution is -2.55. The van der Waals surface area contributed by atoms with Gasteiger partial charge in [0.05, 0.1) is 6.04 Å². The fourth-order valence-electron chi connectivity index (χ4n) is 1.37. The van der Waals surface area contributed by atoms with Gasteiger partial charge in [0, 0.05) is 17.9 Å². The molecule has 0 aromatic rings. The van der Waals surface area contributed by atoms with Crippen molar-refractivity contribution in [2.24, 2.45) is 11.5 Å². The number of nitrogens with one attached hydrogen (secondary N) is 2. The number of thiol groups is 2. The largest absolute Gasteiger partial charge is 0.480 e. The van der Waals surface area contributed by atoms with Crippen LogP contribution >= 0.6 is 25.3 Å². The number of carboxylic acids is 1. The maximum absolute atomic E-state index is 12.0. The molecule has 3 atom stereocenters. The van der Waals surface area contributed by atoms with Crippen LogP contribution in [0.25, 0.3) is 0 Å². The minimum Gasteiger partial charge on any atom is -0.480 e. The minimum atomic E-state index is -1.27. The van der Waals surface area contributed by atoms with Crippen molar-refractivity contribution in [3.8, 4) is 0 Å². The number of carboxylic acid groups (broad SMARTS) is 1. The highest BCUT2D eigenvalue weighted by Crippen LogP contribution is 2.01. The van der Waals surface area contributed by atoms with Gasteiger partial charge in [-0.3, -0.25) is 14.4 Å². The van der Waals surface area contributed by atoms with Crippen molar-refractivity contribution in [3.63, 3.8) is 0 Å². The van der Waals surface area contributed by atoms with Crippen LogP contribution in [-0.2, 0) is 19.2 Å². The lowest BCUT2D eigenvalue weighted by Gasteiger charge is -2.21. The van der Waals surface area contributed by atoms with Crippen molar-refractivity contribution in [2.75, 3.05) is 11.5 Å². The topological polar surface area (TPSA) is 165 Å². The standard InChI is InChI=1S/C11H20N4O5S2/c12-5(3-21)9(17)14-6(1-2-8(13)16)10(18)15-7(4-22)11(19)20/h5-7,21-22H,1-4,12H2,(H2,13,16)(H,14,17)(H,15,18)(H,19,20). The van der Waals surface area contributed by atoms with Crippen LogP contribution in [0.15, 0.2) is 0 Å². The van der Waals surface area contributed by atoms with Crippen molar-refractivity contribution in [3.05, 3.63) is 0 Å². The predicted octanol–water partition coefficient (Wildman–Crippen LogP) is -2.51. The second kappa shape index (κ2) is 10.3. The van der Waals surface area contributed by atoms with Crippen LogP contribution in [0, 0.1) is 0 Å².